The zero-order valence-corrected chi connectivity index (χ0v) is 15.5. The number of nitrogens with one attached hydrogen (secondary N) is 1. The number of carbonyl (C=O) groups is 1. The maximum atomic E-state index is 11.2. The van der Waals surface area contributed by atoms with Crippen molar-refractivity contribution in [2.45, 2.75) is 39.5 Å². The van der Waals surface area contributed by atoms with Gasteiger partial charge in [-0.1, -0.05) is 0 Å². The van der Waals surface area contributed by atoms with Gasteiger partial charge in [0.2, 0.25) is 11.9 Å². The molecule has 8 nitrogen and oxygen atoms in total. The van der Waals surface area contributed by atoms with Crippen molar-refractivity contribution in [3.8, 4) is 0 Å². The molecule has 0 bridgehead atoms. The molecule has 138 valence electrons. The molecule has 0 radical (unpaired) electrons. The summed E-state index contributed by atoms with van der Waals surface area (Å²) < 4.78 is 0. The van der Waals surface area contributed by atoms with E-state index in [1.807, 2.05) is 32.9 Å². The van der Waals surface area contributed by atoms with E-state index < -0.39 is 0 Å². The van der Waals surface area contributed by atoms with Gasteiger partial charge in [-0.3, -0.25) is 9.69 Å². The van der Waals surface area contributed by atoms with Crippen LogP contribution in [0.15, 0.2) is 12.1 Å². The molecule has 1 amide bonds. The lowest BCUT2D eigenvalue weighted by Crippen LogP contribution is -2.40. The molecule has 2 aromatic rings. The van der Waals surface area contributed by atoms with Crippen LogP contribution in [0, 0.1) is 20.8 Å². The Hall–Kier alpha value is -2.61. The number of rotatable bonds is 5. The number of amides is 1. The van der Waals surface area contributed by atoms with Gasteiger partial charge in [0.1, 0.15) is 11.6 Å². The summed E-state index contributed by atoms with van der Waals surface area (Å²) in [6.07, 6.45) is 2.00. The summed E-state index contributed by atoms with van der Waals surface area (Å²) in [5.41, 5.74) is 8.02. The third kappa shape index (κ3) is 4.72. The second kappa shape index (κ2) is 7.74. The summed E-state index contributed by atoms with van der Waals surface area (Å²) in [7, 11) is 0. The lowest BCUT2D eigenvalue weighted by molar-refractivity contribution is -0.119. The van der Waals surface area contributed by atoms with E-state index in [0.717, 1.165) is 48.8 Å². The molecule has 3 N–H and O–H groups in total. The summed E-state index contributed by atoms with van der Waals surface area (Å²) in [5.74, 6) is 1.88. The maximum absolute atomic E-state index is 11.2. The van der Waals surface area contributed by atoms with Gasteiger partial charge < -0.3 is 11.1 Å². The Kier molecular flexibility index (Phi) is 5.41. The molecule has 1 atom stereocenters. The number of nitrogens with two attached hydrogens (primary N) is 1. The minimum atomic E-state index is -0.301. The van der Waals surface area contributed by atoms with Crippen LogP contribution in [0.3, 0.4) is 0 Å². The smallest absolute Gasteiger partial charge is 0.231 e. The van der Waals surface area contributed by atoms with Crippen molar-refractivity contribution in [1.29, 1.82) is 0 Å². The molecule has 2 aromatic heterocycles. The van der Waals surface area contributed by atoms with E-state index in [0.29, 0.717) is 11.8 Å². The molecular formula is C18H25N7O. The highest BCUT2D eigenvalue weighted by molar-refractivity contribution is 5.75. The molecule has 3 heterocycles. The molecule has 26 heavy (non-hydrogen) atoms. The highest BCUT2D eigenvalue weighted by atomic mass is 16.1. The standard InChI is InChI=1S/C18H25N7O/c1-11-7-12(2)22-18(21-11)24-16-8-13(3)20-17(23-16)14-5-4-6-25(9-14)10-15(19)26/h7-8,14H,4-6,9-10H2,1-3H3,(H2,19,26)(H,20,21,22,23,24). The van der Waals surface area contributed by atoms with Crippen molar-refractivity contribution < 1.29 is 4.79 Å². The van der Waals surface area contributed by atoms with Crippen molar-refractivity contribution in [3.63, 3.8) is 0 Å². The van der Waals surface area contributed by atoms with Gasteiger partial charge in [0, 0.05) is 35.6 Å². The Labute approximate surface area is 153 Å². The molecule has 0 saturated carbocycles. The number of aromatic nitrogens is 4. The summed E-state index contributed by atoms with van der Waals surface area (Å²) in [6, 6.07) is 3.81. The average Bonchev–Trinajstić information content (AvgIpc) is 2.53. The van der Waals surface area contributed by atoms with Crippen molar-refractivity contribution in [3.05, 3.63) is 35.0 Å². The fraction of sp³-hybridized carbons (Fsp3) is 0.500. The summed E-state index contributed by atoms with van der Waals surface area (Å²) in [5, 5.41) is 3.19. The maximum Gasteiger partial charge on any atom is 0.231 e. The number of piperidine rings is 1. The first-order chi connectivity index (χ1) is 12.4. The van der Waals surface area contributed by atoms with E-state index in [4.69, 9.17) is 5.73 Å². The van der Waals surface area contributed by atoms with Gasteiger partial charge in [0.05, 0.1) is 6.54 Å². The van der Waals surface area contributed by atoms with Crippen LogP contribution >= 0.6 is 0 Å². The number of primary amides is 1. The number of hydrogen-bond acceptors (Lipinski definition) is 7. The first kappa shape index (κ1) is 18.2. The van der Waals surface area contributed by atoms with Crippen LogP contribution in [0.2, 0.25) is 0 Å². The molecule has 1 aliphatic rings. The number of hydrogen-bond donors (Lipinski definition) is 2. The largest absolute Gasteiger partial charge is 0.369 e. The normalized spacial score (nSPS) is 17.9. The van der Waals surface area contributed by atoms with E-state index in [1.54, 1.807) is 0 Å². The van der Waals surface area contributed by atoms with E-state index >= 15 is 0 Å². The Balaban J connectivity index is 1.79. The number of nitrogens with zero attached hydrogens (tertiary/aromatic N) is 5. The van der Waals surface area contributed by atoms with Crippen molar-refractivity contribution in [2.75, 3.05) is 25.0 Å². The second-order valence-electron chi connectivity index (χ2n) is 6.89. The predicted octanol–water partition coefficient (Wildman–Crippen LogP) is 1.60. The zero-order valence-electron chi connectivity index (χ0n) is 15.5. The van der Waals surface area contributed by atoms with Gasteiger partial charge in [-0.05, 0) is 46.2 Å². The van der Waals surface area contributed by atoms with Crippen molar-refractivity contribution in [1.82, 2.24) is 24.8 Å². The molecule has 0 spiro atoms. The average molecular weight is 355 g/mol. The molecule has 0 aliphatic carbocycles. The molecule has 1 saturated heterocycles. The molecule has 8 heteroatoms. The summed E-state index contributed by atoms with van der Waals surface area (Å²) in [4.78, 5) is 31.4. The lowest BCUT2D eigenvalue weighted by Gasteiger charge is -2.31. The summed E-state index contributed by atoms with van der Waals surface area (Å²) in [6.45, 7) is 7.73. The monoisotopic (exact) mass is 355 g/mol. The predicted molar refractivity (Wildman–Crippen MR) is 99.2 cm³/mol. The third-order valence-corrected chi connectivity index (χ3v) is 4.34. The van der Waals surface area contributed by atoms with Gasteiger partial charge in [0.25, 0.3) is 0 Å². The van der Waals surface area contributed by atoms with E-state index in [1.165, 1.54) is 0 Å². The van der Waals surface area contributed by atoms with Crippen LogP contribution < -0.4 is 11.1 Å². The van der Waals surface area contributed by atoms with E-state index in [2.05, 4.69) is 30.2 Å². The second-order valence-corrected chi connectivity index (χ2v) is 6.89. The van der Waals surface area contributed by atoms with Crippen LogP contribution in [-0.4, -0.2) is 50.4 Å². The van der Waals surface area contributed by atoms with Crippen LogP contribution in [0.5, 0.6) is 0 Å². The Bertz CT molecular complexity index is 788. The molecule has 0 aromatic carbocycles. The van der Waals surface area contributed by atoms with E-state index in [-0.39, 0.29) is 18.4 Å². The van der Waals surface area contributed by atoms with Crippen LogP contribution in [0.4, 0.5) is 11.8 Å². The number of carbonyl (C=O) groups excluding carboxylic acids is 1. The molecular weight excluding hydrogens is 330 g/mol. The van der Waals surface area contributed by atoms with Crippen LogP contribution in [-0.2, 0) is 4.79 Å². The minimum absolute atomic E-state index is 0.184. The van der Waals surface area contributed by atoms with Crippen molar-refractivity contribution >= 4 is 17.7 Å². The number of aryl methyl sites for hydroxylation is 3. The van der Waals surface area contributed by atoms with Gasteiger partial charge in [0.15, 0.2) is 0 Å². The lowest BCUT2D eigenvalue weighted by atomic mass is 9.97. The Morgan fingerprint density at radius 2 is 1.85 bits per heavy atom. The van der Waals surface area contributed by atoms with Gasteiger partial charge in [-0.2, -0.15) is 0 Å². The Morgan fingerprint density at radius 3 is 2.54 bits per heavy atom. The van der Waals surface area contributed by atoms with Crippen molar-refractivity contribution in [2.24, 2.45) is 5.73 Å². The van der Waals surface area contributed by atoms with Crippen LogP contribution in [0.1, 0.15) is 41.7 Å². The topological polar surface area (TPSA) is 110 Å². The van der Waals surface area contributed by atoms with Gasteiger partial charge in [-0.25, -0.2) is 19.9 Å². The molecule has 1 fully saturated rings. The third-order valence-electron chi connectivity index (χ3n) is 4.34. The number of likely N-dealkylation sites (tertiary alicyclic amines) is 1. The van der Waals surface area contributed by atoms with Gasteiger partial charge >= 0.3 is 0 Å². The minimum Gasteiger partial charge on any atom is -0.369 e. The Morgan fingerprint density at radius 1 is 1.15 bits per heavy atom. The zero-order chi connectivity index (χ0) is 18.7. The SMILES string of the molecule is Cc1cc(C)nc(Nc2cc(C)nc(C3CCCN(CC(N)=O)C3)n2)n1. The number of anilines is 2. The van der Waals surface area contributed by atoms with Gasteiger partial charge in [-0.15, -0.1) is 0 Å². The first-order valence-electron chi connectivity index (χ1n) is 8.84. The highest BCUT2D eigenvalue weighted by Gasteiger charge is 2.24. The fourth-order valence-electron chi connectivity index (χ4n) is 3.36. The van der Waals surface area contributed by atoms with Crippen LogP contribution in [0.25, 0.3) is 0 Å². The fourth-order valence-corrected chi connectivity index (χ4v) is 3.36. The molecule has 1 aliphatic heterocycles. The van der Waals surface area contributed by atoms with E-state index in [9.17, 15) is 4.79 Å². The first-order valence-corrected chi connectivity index (χ1v) is 8.84. The molecule has 1 unspecified atom stereocenters. The summed E-state index contributed by atoms with van der Waals surface area (Å²) >= 11 is 0. The highest BCUT2D eigenvalue weighted by Crippen LogP contribution is 2.26. The molecule has 3 rings (SSSR count). The quantitative estimate of drug-likeness (QED) is 0.838.